The molecule has 2 heteroatoms. The molecule has 1 atom stereocenters. The molecule has 1 aromatic rings. The standard InChI is InChI=1S/C17H27NO/c1-15(17-10-13-19-14-11-17)18-12-6-5-9-16-7-3-2-4-8-16/h2-4,7-8,15,17-18H,5-6,9-14H2,1H3. The lowest BCUT2D eigenvalue weighted by Gasteiger charge is -2.28. The van der Waals surface area contributed by atoms with Gasteiger partial charge in [-0.25, -0.2) is 0 Å². The maximum absolute atomic E-state index is 5.41. The third-order valence-electron chi connectivity index (χ3n) is 4.17. The fourth-order valence-corrected chi connectivity index (χ4v) is 2.81. The normalized spacial score (nSPS) is 18.4. The van der Waals surface area contributed by atoms with Crippen LogP contribution in [0.25, 0.3) is 0 Å². The van der Waals surface area contributed by atoms with Crippen LogP contribution in [-0.2, 0) is 11.2 Å². The second kappa shape index (κ2) is 8.34. The van der Waals surface area contributed by atoms with Crippen molar-refractivity contribution in [1.82, 2.24) is 5.32 Å². The van der Waals surface area contributed by atoms with Crippen LogP contribution in [-0.4, -0.2) is 25.8 Å². The van der Waals surface area contributed by atoms with Crippen molar-refractivity contribution >= 4 is 0 Å². The fraction of sp³-hybridized carbons (Fsp3) is 0.647. The van der Waals surface area contributed by atoms with Crippen LogP contribution in [0.3, 0.4) is 0 Å². The zero-order valence-corrected chi connectivity index (χ0v) is 12.1. The van der Waals surface area contributed by atoms with Crippen LogP contribution in [0.1, 0.15) is 38.2 Å². The molecule has 0 spiro atoms. The Morgan fingerprint density at radius 2 is 1.89 bits per heavy atom. The van der Waals surface area contributed by atoms with Crippen molar-refractivity contribution in [2.75, 3.05) is 19.8 Å². The molecular formula is C17H27NO. The second-order valence-corrected chi connectivity index (χ2v) is 5.64. The van der Waals surface area contributed by atoms with E-state index in [-0.39, 0.29) is 0 Å². The largest absolute Gasteiger partial charge is 0.381 e. The van der Waals surface area contributed by atoms with Gasteiger partial charge in [0, 0.05) is 19.3 Å². The van der Waals surface area contributed by atoms with Crippen molar-refractivity contribution in [1.29, 1.82) is 0 Å². The SMILES string of the molecule is CC(NCCCCc1ccccc1)C1CCOCC1. The monoisotopic (exact) mass is 261 g/mol. The quantitative estimate of drug-likeness (QED) is 0.759. The minimum atomic E-state index is 0.639. The molecule has 1 heterocycles. The van der Waals surface area contributed by atoms with E-state index < -0.39 is 0 Å². The maximum Gasteiger partial charge on any atom is 0.0469 e. The number of unbranched alkanes of at least 4 members (excludes halogenated alkanes) is 1. The third kappa shape index (κ3) is 5.33. The molecule has 0 amide bonds. The minimum absolute atomic E-state index is 0.639. The predicted molar refractivity (Wildman–Crippen MR) is 80.4 cm³/mol. The topological polar surface area (TPSA) is 21.3 Å². The van der Waals surface area contributed by atoms with Gasteiger partial charge in [0.15, 0.2) is 0 Å². The number of ether oxygens (including phenoxy) is 1. The number of benzene rings is 1. The highest BCUT2D eigenvalue weighted by Crippen LogP contribution is 2.18. The maximum atomic E-state index is 5.41. The van der Waals surface area contributed by atoms with Crippen LogP contribution in [0.4, 0.5) is 0 Å². The lowest BCUT2D eigenvalue weighted by Crippen LogP contribution is -2.37. The van der Waals surface area contributed by atoms with Gasteiger partial charge >= 0.3 is 0 Å². The van der Waals surface area contributed by atoms with Crippen LogP contribution >= 0.6 is 0 Å². The van der Waals surface area contributed by atoms with E-state index in [9.17, 15) is 0 Å². The lowest BCUT2D eigenvalue weighted by molar-refractivity contribution is 0.0560. The van der Waals surface area contributed by atoms with Gasteiger partial charge in [-0.15, -0.1) is 0 Å². The van der Waals surface area contributed by atoms with Crippen LogP contribution in [0.2, 0.25) is 0 Å². The van der Waals surface area contributed by atoms with Crippen molar-refractivity contribution in [3.05, 3.63) is 35.9 Å². The average molecular weight is 261 g/mol. The Balaban J connectivity index is 1.54. The second-order valence-electron chi connectivity index (χ2n) is 5.64. The highest BCUT2D eigenvalue weighted by Gasteiger charge is 2.19. The number of rotatable bonds is 7. The lowest BCUT2D eigenvalue weighted by atomic mass is 9.93. The van der Waals surface area contributed by atoms with E-state index in [1.54, 1.807) is 0 Å². The summed E-state index contributed by atoms with van der Waals surface area (Å²) in [4.78, 5) is 0. The summed E-state index contributed by atoms with van der Waals surface area (Å²) in [5.41, 5.74) is 1.46. The summed E-state index contributed by atoms with van der Waals surface area (Å²) in [7, 11) is 0. The number of hydrogen-bond donors (Lipinski definition) is 1. The van der Waals surface area contributed by atoms with Gasteiger partial charge in [-0.2, -0.15) is 0 Å². The first-order chi connectivity index (χ1) is 9.36. The molecule has 1 aliphatic rings. The third-order valence-corrected chi connectivity index (χ3v) is 4.17. The molecule has 0 aliphatic carbocycles. The van der Waals surface area contributed by atoms with Gasteiger partial charge in [-0.05, 0) is 57.1 Å². The molecule has 106 valence electrons. The first-order valence-electron chi connectivity index (χ1n) is 7.71. The van der Waals surface area contributed by atoms with Crippen LogP contribution in [0, 0.1) is 5.92 Å². The summed E-state index contributed by atoms with van der Waals surface area (Å²) in [6, 6.07) is 11.4. The van der Waals surface area contributed by atoms with E-state index in [2.05, 4.69) is 42.6 Å². The van der Waals surface area contributed by atoms with Gasteiger partial charge in [0.05, 0.1) is 0 Å². The minimum Gasteiger partial charge on any atom is -0.381 e. The van der Waals surface area contributed by atoms with Gasteiger partial charge in [0.25, 0.3) is 0 Å². The zero-order valence-electron chi connectivity index (χ0n) is 12.1. The van der Waals surface area contributed by atoms with Crippen molar-refractivity contribution in [2.45, 2.75) is 45.1 Å². The summed E-state index contributed by atoms with van der Waals surface area (Å²) >= 11 is 0. The molecule has 1 aromatic carbocycles. The number of hydrogen-bond acceptors (Lipinski definition) is 2. The molecule has 1 aliphatic heterocycles. The molecule has 0 bridgehead atoms. The van der Waals surface area contributed by atoms with Gasteiger partial charge in [-0.3, -0.25) is 0 Å². The van der Waals surface area contributed by atoms with E-state index in [0.717, 1.165) is 25.7 Å². The zero-order chi connectivity index (χ0) is 13.3. The Morgan fingerprint density at radius 3 is 2.63 bits per heavy atom. The highest BCUT2D eigenvalue weighted by atomic mass is 16.5. The van der Waals surface area contributed by atoms with Gasteiger partial charge in [-0.1, -0.05) is 30.3 Å². The number of nitrogens with one attached hydrogen (secondary N) is 1. The Labute approximate surface area is 117 Å². The molecule has 19 heavy (non-hydrogen) atoms. The van der Waals surface area contributed by atoms with E-state index in [1.165, 1.54) is 37.7 Å². The molecule has 2 rings (SSSR count). The molecule has 2 nitrogen and oxygen atoms in total. The molecule has 0 saturated carbocycles. The van der Waals surface area contributed by atoms with Crippen molar-refractivity contribution in [2.24, 2.45) is 5.92 Å². The predicted octanol–water partition coefficient (Wildman–Crippen LogP) is 3.41. The van der Waals surface area contributed by atoms with Gasteiger partial charge in [0.2, 0.25) is 0 Å². The van der Waals surface area contributed by atoms with Crippen molar-refractivity contribution < 1.29 is 4.74 Å². The van der Waals surface area contributed by atoms with Crippen LogP contribution in [0.15, 0.2) is 30.3 Å². The summed E-state index contributed by atoms with van der Waals surface area (Å²) in [6.45, 7) is 5.37. The van der Waals surface area contributed by atoms with Crippen molar-refractivity contribution in [3.63, 3.8) is 0 Å². The fourth-order valence-electron chi connectivity index (χ4n) is 2.81. The van der Waals surface area contributed by atoms with Crippen LogP contribution < -0.4 is 5.32 Å². The molecule has 0 radical (unpaired) electrons. The van der Waals surface area contributed by atoms with E-state index in [4.69, 9.17) is 4.74 Å². The molecule has 0 aromatic heterocycles. The van der Waals surface area contributed by atoms with Gasteiger partial charge in [0.1, 0.15) is 0 Å². The van der Waals surface area contributed by atoms with E-state index in [0.29, 0.717) is 6.04 Å². The first-order valence-corrected chi connectivity index (χ1v) is 7.71. The van der Waals surface area contributed by atoms with E-state index in [1.807, 2.05) is 0 Å². The molecular weight excluding hydrogens is 234 g/mol. The number of aryl methyl sites for hydroxylation is 1. The molecule has 1 N–H and O–H groups in total. The van der Waals surface area contributed by atoms with Gasteiger partial charge < -0.3 is 10.1 Å². The molecule has 1 unspecified atom stereocenters. The summed E-state index contributed by atoms with van der Waals surface area (Å²) < 4.78 is 5.41. The Bertz CT molecular complexity index is 332. The summed E-state index contributed by atoms with van der Waals surface area (Å²) in [6.07, 6.45) is 6.19. The first kappa shape index (κ1) is 14.5. The summed E-state index contributed by atoms with van der Waals surface area (Å²) in [5, 5.41) is 3.68. The summed E-state index contributed by atoms with van der Waals surface area (Å²) in [5.74, 6) is 0.808. The van der Waals surface area contributed by atoms with Crippen molar-refractivity contribution in [3.8, 4) is 0 Å². The highest BCUT2D eigenvalue weighted by molar-refractivity contribution is 5.14. The Morgan fingerprint density at radius 1 is 1.16 bits per heavy atom. The smallest absolute Gasteiger partial charge is 0.0469 e. The molecule has 1 saturated heterocycles. The van der Waals surface area contributed by atoms with E-state index >= 15 is 0 Å². The Kier molecular flexibility index (Phi) is 6.38. The Hall–Kier alpha value is -0.860. The average Bonchev–Trinajstić information content (AvgIpc) is 2.49. The molecule has 1 fully saturated rings. The van der Waals surface area contributed by atoms with Crippen LogP contribution in [0.5, 0.6) is 0 Å².